The highest BCUT2D eigenvalue weighted by Crippen LogP contribution is 2.26. The van der Waals surface area contributed by atoms with Crippen molar-refractivity contribution in [3.63, 3.8) is 0 Å². The van der Waals surface area contributed by atoms with Crippen molar-refractivity contribution in [2.24, 2.45) is 0 Å². The standard InChI is InChI=1S/C16H15ClN2O2/c17-14-4-1-11(2-5-14)12-3-6-16(13(7-12)8-18)19-9-15(21)10-20/h1-7,15,19-21H,9-10H2. The molecule has 0 saturated heterocycles. The number of anilines is 1. The molecular formula is C16H15ClN2O2. The van der Waals surface area contributed by atoms with Crippen molar-refractivity contribution in [3.05, 3.63) is 53.1 Å². The van der Waals surface area contributed by atoms with Crippen LogP contribution in [0, 0.1) is 11.3 Å². The van der Waals surface area contributed by atoms with E-state index in [1.165, 1.54) is 0 Å². The van der Waals surface area contributed by atoms with Gasteiger partial charge in [0.2, 0.25) is 0 Å². The Kier molecular flexibility index (Phi) is 5.18. The quantitative estimate of drug-likeness (QED) is 0.793. The lowest BCUT2D eigenvalue weighted by atomic mass is 10.0. The van der Waals surface area contributed by atoms with Crippen LogP contribution in [0.3, 0.4) is 0 Å². The van der Waals surface area contributed by atoms with Gasteiger partial charge in [-0.25, -0.2) is 0 Å². The maximum Gasteiger partial charge on any atom is 0.101 e. The van der Waals surface area contributed by atoms with Gasteiger partial charge in [0.25, 0.3) is 0 Å². The molecule has 2 aromatic carbocycles. The van der Waals surface area contributed by atoms with Gasteiger partial charge >= 0.3 is 0 Å². The Bertz CT molecular complexity index is 650. The second-order valence-electron chi connectivity index (χ2n) is 4.60. The molecule has 0 aromatic heterocycles. The summed E-state index contributed by atoms with van der Waals surface area (Å²) in [6.07, 6.45) is -0.854. The van der Waals surface area contributed by atoms with Crippen LogP contribution in [0.4, 0.5) is 5.69 Å². The van der Waals surface area contributed by atoms with E-state index >= 15 is 0 Å². The normalized spacial score (nSPS) is 11.7. The van der Waals surface area contributed by atoms with Crippen LogP contribution in [0.15, 0.2) is 42.5 Å². The number of rotatable bonds is 5. The van der Waals surface area contributed by atoms with E-state index in [9.17, 15) is 10.4 Å². The predicted molar refractivity (Wildman–Crippen MR) is 83.2 cm³/mol. The van der Waals surface area contributed by atoms with Crippen molar-refractivity contribution in [1.29, 1.82) is 5.26 Å². The summed E-state index contributed by atoms with van der Waals surface area (Å²) in [5.74, 6) is 0. The lowest BCUT2D eigenvalue weighted by Crippen LogP contribution is -2.23. The summed E-state index contributed by atoms with van der Waals surface area (Å²) < 4.78 is 0. The molecule has 2 rings (SSSR count). The fourth-order valence-corrected chi connectivity index (χ4v) is 2.03. The molecule has 0 radical (unpaired) electrons. The maximum absolute atomic E-state index is 9.33. The Morgan fingerprint density at radius 3 is 2.43 bits per heavy atom. The van der Waals surface area contributed by atoms with Crippen LogP contribution in [0.5, 0.6) is 0 Å². The third-order valence-electron chi connectivity index (χ3n) is 3.06. The average molecular weight is 303 g/mol. The number of halogens is 1. The number of nitriles is 1. The van der Waals surface area contributed by atoms with Gasteiger partial charge in [0, 0.05) is 11.6 Å². The van der Waals surface area contributed by atoms with Crippen LogP contribution in [0.25, 0.3) is 11.1 Å². The Morgan fingerprint density at radius 2 is 1.81 bits per heavy atom. The lowest BCUT2D eigenvalue weighted by molar-refractivity contribution is 0.105. The van der Waals surface area contributed by atoms with Gasteiger partial charge in [-0.2, -0.15) is 5.26 Å². The summed E-state index contributed by atoms with van der Waals surface area (Å²) in [4.78, 5) is 0. The highest BCUT2D eigenvalue weighted by atomic mass is 35.5. The summed E-state index contributed by atoms with van der Waals surface area (Å²) in [6, 6.07) is 14.9. The monoisotopic (exact) mass is 302 g/mol. The van der Waals surface area contributed by atoms with Crippen molar-refractivity contribution in [2.75, 3.05) is 18.5 Å². The molecule has 2 aromatic rings. The van der Waals surface area contributed by atoms with Crippen LogP contribution < -0.4 is 5.32 Å². The zero-order valence-electron chi connectivity index (χ0n) is 11.3. The molecule has 0 aliphatic heterocycles. The van der Waals surface area contributed by atoms with Crippen molar-refractivity contribution in [3.8, 4) is 17.2 Å². The number of nitrogens with zero attached hydrogens (tertiary/aromatic N) is 1. The van der Waals surface area contributed by atoms with Crippen molar-refractivity contribution in [1.82, 2.24) is 0 Å². The van der Waals surface area contributed by atoms with E-state index in [1.807, 2.05) is 18.2 Å². The van der Waals surface area contributed by atoms with Crippen molar-refractivity contribution < 1.29 is 10.2 Å². The zero-order chi connectivity index (χ0) is 15.2. The summed E-state index contributed by atoms with van der Waals surface area (Å²) >= 11 is 5.86. The summed E-state index contributed by atoms with van der Waals surface area (Å²) in [5.41, 5.74) is 2.99. The third-order valence-corrected chi connectivity index (χ3v) is 3.31. The first-order valence-corrected chi connectivity index (χ1v) is 6.84. The molecule has 0 bridgehead atoms. The van der Waals surface area contributed by atoms with Gasteiger partial charge in [0.15, 0.2) is 0 Å². The largest absolute Gasteiger partial charge is 0.394 e. The first-order valence-electron chi connectivity index (χ1n) is 6.47. The fourth-order valence-electron chi connectivity index (χ4n) is 1.91. The topological polar surface area (TPSA) is 76.3 Å². The van der Waals surface area contributed by atoms with Gasteiger partial charge in [-0.15, -0.1) is 0 Å². The molecule has 21 heavy (non-hydrogen) atoms. The molecule has 0 fully saturated rings. The first kappa shape index (κ1) is 15.3. The van der Waals surface area contributed by atoms with Gasteiger partial charge in [-0.05, 0) is 35.4 Å². The van der Waals surface area contributed by atoms with E-state index < -0.39 is 6.10 Å². The van der Waals surface area contributed by atoms with Gasteiger partial charge < -0.3 is 15.5 Å². The SMILES string of the molecule is N#Cc1cc(-c2ccc(Cl)cc2)ccc1NCC(O)CO. The van der Waals surface area contributed by atoms with E-state index in [0.717, 1.165) is 11.1 Å². The molecule has 0 heterocycles. The fraction of sp³-hybridized carbons (Fsp3) is 0.188. The highest BCUT2D eigenvalue weighted by Gasteiger charge is 2.07. The van der Waals surface area contributed by atoms with Crippen LogP contribution in [-0.2, 0) is 0 Å². The summed E-state index contributed by atoms with van der Waals surface area (Å²) in [5, 5.41) is 31.0. The van der Waals surface area contributed by atoms with E-state index in [0.29, 0.717) is 16.3 Å². The van der Waals surface area contributed by atoms with Gasteiger partial charge in [0.05, 0.1) is 24.0 Å². The summed E-state index contributed by atoms with van der Waals surface area (Å²) in [6.45, 7) is -0.136. The Hall–Kier alpha value is -2.06. The third kappa shape index (κ3) is 3.96. The van der Waals surface area contributed by atoms with Crippen LogP contribution >= 0.6 is 11.6 Å². The number of hydrogen-bond donors (Lipinski definition) is 3. The smallest absolute Gasteiger partial charge is 0.101 e. The first-order chi connectivity index (χ1) is 10.1. The molecule has 0 spiro atoms. The Balaban J connectivity index is 2.24. The highest BCUT2D eigenvalue weighted by molar-refractivity contribution is 6.30. The minimum absolute atomic E-state index is 0.186. The van der Waals surface area contributed by atoms with Crippen LogP contribution in [-0.4, -0.2) is 29.5 Å². The molecular weight excluding hydrogens is 288 g/mol. The molecule has 0 aliphatic rings. The minimum Gasteiger partial charge on any atom is -0.394 e. The second kappa shape index (κ2) is 7.09. The van der Waals surface area contributed by atoms with Crippen LogP contribution in [0.2, 0.25) is 5.02 Å². The molecule has 5 heteroatoms. The van der Waals surface area contributed by atoms with E-state index in [-0.39, 0.29) is 13.2 Å². The average Bonchev–Trinajstić information content (AvgIpc) is 2.53. The minimum atomic E-state index is -0.854. The number of aliphatic hydroxyl groups is 2. The molecule has 1 atom stereocenters. The van der Waals surface area contributed by atoms with Gasteiger partial charge in [-0.3, -0.25) is 0 Å². The molecule has 0 aliphatic carbocycles. The lowest BCUT2D eigenvalue weighted by Gasteiger charge is -2.12. The van der Waals surface area contributed by atoms with Gasteiger partial charge in [0.1, 0.15) is 6.07 Å². The Morgan fingerprint density at radius 1 is 1.14 bits per heavy atom. The zero-order valence-corrected chi connectivity index (χ0v) is 12.0. The van der Waals surface area contributed by atoms with Gasteiger partial charge in [-0.1, -0.05) is 29.8 Å². The molecule has 0 saturated carbocycles. The predicted octanol–water partition coefficient (Wildman–Crippen LogP) is 2.64. The van der Waals surface area contributed by atoms with Crippen LogP contribution in [0.1, 0.15) is 5.56 Å². The number of aliphatic hydroxyl groups excluding tert-OH is 2. The Labute approximate surface area is 128 Å². The molecule has 3 N–H and O–H groups in total. The second-order valence-corrected chi connectivity index (χ2v) is 5.03. The molecule has 4 nitrogen and oxygen atoms in total. The number of benzene rings is 2. The van der Waals surface area contributed by atoms with Crippen molar-refractivity contribution >= 4 is 17.3 Å². The van der Waals surface area contributed by atoms with Crippen molar-refractivity contribution in [2.45, 2.75) is 6.10 Å². The number of hydrogen-bond acceptors (Lipinski definition) is 4. The molecule has 108 valence electrons. The van der Waals surface area contributed by atoms with E-state index in [4.69, 9.17) is 16.7 Å². The summed E-state index contributed by atoms with van der Waals surface area (Å²) in [7, 11) is 0. The molecule has 0 amide bonds. The molecule has 1 unspecified atom stereocenters. The maximum atomic E-state index is 9.33. The van der Waals surface area contributed by atoms with E-state index in [1.54, 1.807) is 24.3 Å². The van der Waals surface area contributed by atoms with E-state index in [2.05, 4.69) is 11.4 Å². The number of nitrogens with one attached hydrogen (secondary N) is 1.